The number of hydrogen-bond donors (Lipinski definition) is 2. The summed E-state index contributed by atoms with van der Waals surface area (Å²) >= 11 is 0. The molecule has 0 aliphatic carbocycles. The lowest BCUT2D eigenvalue weighted by Crippen LogP contribution is -2.37. The summed E-state index contributed by atoms with van der Waals surface area (Å²) in [5.41, 5.74) is 3.26. The van der Waals surface area contributed by atoms with Gasteiger partial charge >= 0.3 is 6.61 Å². The van der Waals surface area contributed by atoms with Crippen molar-refractivity contribution in [3.63, 3.8) is 0 Å². The topological polar surface area (TPSA) is 64.1 Å². The van der Waals surface area contributed by atoms with Crippen LogP contribution in [0.3, 0.4) is 0 Å². The van der Waals surface area contributed by atoms with Crippen LogP contribution in [0.4, 0.5) is 8.78 Å². The van der Waals surface area contributed by atoms with Crippen LogP contribution in [0.15, 0.2) is 41.4 Å². The van der Waals surface area contributed by atoms with Crippen molar-refractivity contribution in [2.45, 2.75) is 26.0 Å². The lowest BCUT2D eigenvalue weighted by atomic mass is 10.1. The molecule has 0 unspecified atom stereocenters. The van der Waals surface area contributed by atoms with Crippen molar-refractivity contribution in [3.8, 4) is 17.2 Å². The third kappa shape index (κ3) is 6.61. The molecule has 0 bridgehead atoms. The van der Waals surface area contributed by atoms with Crippen molar-refractivity contribution in [1.82, 2.24) is 10.6 Å². The van der Waals surface area contributed by atoms with E-state index in [0.29, 0.717) is 19.0 Å². The fraction of sp³-hybridized carbons (Fsp3) is 0.381. The zero-order valence-corrected chi connectivity index (χ0v) is 19.2. The molecule has 2 aromatic rings. The largest absolute Gasteiger partial charge is 0.493 e. The van der Waals surface area contributed by atoms with E-state index in [-0.39, 0.29) is 35.5 Å². The van der Waals surface area contributed by atoms with Gasteiger partial charge < -0.3 is 24.8 Å². The number of nitrogens with one attached hydrogen (secondary N) is 2. The zero-order chi connectivity index (χ0) is 20.6. The minimum Gasteiger partial charge on any atom is -0.493 e. The van der Waals surface area contributed by atoms with Crippen molar-refractivity contribution >= 4 is 29.9 Å². The van der Waals surface area contributed by atoms with Gasteiger partial charge in [0.1, 0.15) is 5.75 Å². The first-order valence-corrected chi connectivity index (χ1v) is 9.40. The second-order valence-corrected chi connectivity index (χ2v) is 6.51. The van der Waals surface area contributed by atoms with Gasteiger partial charge in [-0.3, -0.25) is 4.99 Å². The molecule has 2 N–H and O–H groups in total. The number of guanidine groups is 1. The van der Waals surface area contributed by atoms with Crippen LogP contribution in [0, 0.1) is 0 Å². The first-order valence-electron chi connectivity index (χ1n) is 9.40. The Balaban J connectivity index is 0.00000320. The minimum absolute atomic E-state index is 0. The summed E-state index contributed by atoms with van der Waals surface area (Å²) in [6, 6.07) is 11.2. The Morgan fingerprint density at radius 3 is 2.67 bits per heavy atom. The molecule has 1 aliphatic heterocycles. The summed E-state index contributed by atoms with van der Waals surface area (Å²) in [6.45, 7) is -1.04. The summed E-state index contributed by atoms with van der Waals surface area (Å²) in [5.74, 6) is 1.87. The fourth-order valence-corrected chi connectivity index (χ4v) is 3.15. The van der Waals surface area contributed by atoms with Crippen LogP contribution in [-0.4, -0.2) is 39.9 Å². The van der Waals surface area contributed by atoms with E-state index < -0.39 is 6.61 Å². The molecule has 0 saturated heterocycles. The zero-order valence-electron chi connectivity index (χ0n) is 16.9. The highest BCUT2D eigenvalue weighted by molar-refractivity contribution is 14.0. The quantitative estimate of drug-likeness (QED) is 0.308. The molecule has 2 aromatic carbocycles. The Morgan fingerprint density at radius 2 is 1.93 bits per heavy atom. The van der Waals surface area contributed by atoms with Gasteiger partial charge in [0.25, 0.3) is 0 Å². The number of ether oxygens (including phenoxy) is 3. The van der Waals surface area contributed by atoms with Crippen molar-refractivity contribution in [3.05, 3.63) is 53.1 Å². The van der Waals surface area contributed by atoms with Crippen LogP contribution >= 0.6 is 24.0 Å². The van der Waals surface area contributed by atoms with Gasteiger partial charge in [0.05, 0.1) is 13.7 Å². The Kier molecular flexibility index (Phi) is 9.41. The summed E-state index contributed by atoms with van der Waals surface area (Å²) in [5, 5.41) is 6.42. The highest BCUT2D eigenvalue weighted by Crippen LogP contribution is 2.29. The average molecular weight is 533 g/mol. The summed E-state index contributed by atoms with van der Waals surface area (Å²) < 4.78 is 40.2. The van der Waals surface area contributed by atoms with Crippen molar-refractivity contribution in [2.24, 2.45) is 4.99 Å². The molecule has 0 atom stereocenters. The maximum Gasteiger partial charge on any atom is 0.387 e. The maximum absolute atomic E-state index is 12.6. The Hall–Kier alpha value is -2.30. The lowest BCUT2D eigenvalue weighted by Gasteiger charge is -2.14. The number of nitrogens with zero attached hydrogens (tertiary/aromatic N) is 1. The molecular formula is C21H26F2IN3O3. The number of methoxy groups -OCH3 is 1. The summed E-state index contributed by atoms with van der Waals surface area (Å²) in [4.78, 5) is 4.20. The van der Waals surface area contributed by atoms with Crippen molar-refractivity contribution < 1.29 is 23.0 Å². The van der Waals surface area contributed by atoms with Crippen LogP contribution in [-0.2, 0) is 19.4 Å². The third-order valence-corrected chi connectivity index (χ3v) is 4.59. The van der Waals surface area contributed by atoms with Gasteiger partial charge in [-0.25, -0.2) is 0 Å². The molecule has 0 aromatic heterocycles. The molecule has 0 amide bonds. The summed E-state index contributed by atoms with van der Waals surface area (Å²) in [6.07, 6.45) is 1.81. The molecule has 0 radical (unpaired) electrons. The number of benzene rings is 2. The highest BCUT2D eigenvalue weighted by Gasteiger charge is 2.13. The highest BCUT2D eigenvalue weighted by atomic mass is 127. The van der Waals surface area contributed by atoms with E-state index >= 15 is 0 Å². The smallest absolute Gasteiger partial charge is 0.387 e. The van der Waals surface area contributed by atoms with Gasteiger partial charge in [0.15, 0.2) is 17.5 Å². The number of fused-ring (bicyclic) bond motifs is 1. The average Bonchev–Trinajstić information content (AvgIpc) is 3.18. The predicted molar refractivity (Wildman–Crippen MR) is 123 cm³/mol. The van der Waals surface area contributed by atoms with Gasteiger partial charge in [0, 0.05) is 26.6 Å². The van der Waals surface area contributed by atoms with Gasteiger partial charge in [-0.15, -0.1) is 24.0 Å². The van der Waals surface area contributed by atoms with E-state index in [2.05, 4.69) is 32.5 Å². The number of hydrogen-bond acceptors (Lipinski definition) is 4. The monoisotopic (exact) mass is 533 g/mol. The van der Waals surface area contributed by atoms with E-state index in [0.717, 1.165) is 30.8 Å². The van der Waals surface area contributed by atoms with Crippen molar-refractivity contribution in [2.75, 3.05) is 27.3 Å². The van der Waals surface area contributed by atoms with Crippen molar-refractivity contribution in [1.29, 1.82) is 0 Å². The fourth-order valence-electron chi connectivity index (χ4n) is 3.15. The van der Waals surface area contributed by atoms with E-state index in [4.69, 9.17) is 9.47 Å². The predicted octanol–water partition coefficient (Wildman–Crippen LogP) is 3.76. The molecule has 0 fully saturated rings. The molecule has 6 nitrogen and oxygen atoms in total. The Morgan fingerprint density at radius 1 is 1.13 bits per heavy atom. The normalized spacial score (nSPS) is 12.6. The van der Waals surface area contributed by atoms with Crippen LogP contribution in [0.1, 0.15) is 16.7 Å². The molecule has 164 valence electrons. The van der Waals surface area contributed by atoms with Crippen LogP contribution in [0.5, 0.6) is 17.2 Å². The standard InChI is InChI=1S/C21H25F2N3O3.HI/c1-24-21(25-9-7-14-3-5-17-16(11-14)8-10-28-17)26-13-15-4-6-18(27-2)19(12-15)29-20(22)23;/h3-6,11-12,20H,7-10,13H2,1-2H3,(H2,24,25,26);1H. The van der Waals surface area contributed by atoms with E-state index in [1.807, 2.05) is 6.07 Å². The third-order valence-electron chi connectivity index (χ3n) is 4.59. The Bertz CT molecular complexity index is 865. The maximum atomic E-state index is 12.6. The van der Waals surface area contributed by atoms with Gasteiger partial charge in [-0.05, 0) is 41.3 Å². The van der Waals surface area contributed by atoms with Gasteiger partial charge in [-0.1, -0.05) is 18.2 Å². The molecular weight excluding hydrogens is 507 g/mol. The van der Waals surface area contributed by atoms with Crippen LogP contribution < -0.4 is 24.8 Å². The number of aliphatic imine (C=N–C) groups is 1. The molecule has 30 heavy (non-hydrogen) atoms. The van der Waals surface area contributed by atoms with Gasteiger partial charge in [-0.2, -0.15) is 8.78 Å². The SMILES string of the molecule is CN=C(NCCc1ccc2c(c1)CCO2)NCc1ccc(OC)c(OC(F)F)c1.I. The Labute approximate surface area is 192 Å². The van der Waals surface area contributed by atoms with E-state index in [1.165, 1.54) is 24.3 Å². The number of alkyl halides is 2. The minimum atomic E-state index is -2.91. The lowest BCUT2D eigenvalue weighted by molar-refractivity contribution is -0.0512. The first-order chi connectivity index (χ1) is 14.1. The van der Waals surface area contributed by atoms with E-state index in [9.17, 15) is 8.78 Å². The van der Waals surface area contributed by atoms with Crippen LogP contribution in [0.2, 0.25) is 0 Å². The van der Waals surface area contributed by atoms with Gasteiger partial charge in [0.2, 0.25) is 0 Å². The van der Waals surface area contributed by atoms with Crippen LogP contribution in [0.25, 0.3) is 0 Å². The molecule has 1 heterocycles. The number of rotatable bonds is 8. The molecule has 0 saturated carbocycles. The second kappa shape index (κ2) is 11.8. The molecule has 0 spiro atoms. The van der Waals surface area contributed by atoms with E-state index in [1.54, 1.807) is 19.2 Å². The summed E-state index contributed by atoms with van der Waals surface area (Å²) in [7, 11) is 3.09. The molecule has 3 rings (SSSR count). The first kappa shape index (κ1) is 24.0. The molecule has 1 aliphatic rings. The second-order valence-electron chi connectivity index (χ2n) is 6.51. The molecule has 9 heteroatoms. The number of halogens is 3.